The second kappa shape index (κ2) is 15.6. The van der Waals surface area contributed by atoms with Crippen LogP contribution in [0, 0.1) is 0 Å². The molecule has 258 valence electrons. The largest absolute Gasteiger partial charge is 0.508 e. The van der Waals surface area contributed by atoms with Crippen LogP contribution in [0.2, 0.25) is 0 Å². The fourth-order valence-corrected chi connectivity index (χ4v) is 6.24. The van der Waals surface area contributed by atoms with E-state index in [4.69, 9.17) is 17.2 Å². The summed E-state index contributed by atoms with van der Waals surface area (Å²) < 4.78 is 41.4. The molecule has 0 saturated heterocycles. The summed E-state index contributed by atoms with van der Waals surface area (Å²) in [5.41, 5.74) is 16.4. The normalized spacial score (nSPS) is 13.0. The predicted octanol–water partition coefficient (Wildman–Crippen LogP) is 5.71. The van der Waals surface area contributed by atoms with Crippen LogP contribution in [0.5, 0.6) is 5.75 Å². The monoisotopic (exact) mass is 692 g/mol. The molecule has 0 aliphatic rings. The molecule has 9 N–H and O–H groups in total. The van der Waals surface area contributed by atoms with E-state index in [1.807, 2.05) is 49.4 Å². The minimum absolute atomic E-state index is 0.00131. The number of aromatic amines is 1. The molecule has 10 nitrogen and oxygen atoms in total. The predicted molar refractivity (Wildman–Crippen MR) is 189 cm³/mol. The van der Waals surface area contributed by atoms with Gasteiger partial charge in [0.1, 0.15) is 11.4 Å². The van der Waals surface area contributed by atoms with E-state index in [2.05, 4.69) is 20.3 Å². The number of aromatic nitrogens is 3. The van der Waals surface area contributed by atoms with Crippen molar-refractivity contribution in [2.75, 3.05) is 13.1 Å². The number of hydrogen-bond acceptors (Lipinski definition) is 7. The summed E-state index contributed by atoms with van der Waals surface area (Å²) in [4.78, 5) is 24.6. The Morgan fingerprint density at radius 3 is 2.39 bits per heavy atom. The van der Waals surface area contributed by atoms with Gasteiger partial charge in [0.05, 0.1) is 11.7 Å². The molecule has 0 amide bonds. The topological polar surface area (TPSA) is 173 Å². The number of fused-ring (bicyclic) bond motifs is 1. The third-order valence-electron chi connectivity index (χ3n) is 7.85. The summed E-state index contributed by atoms with van der Waals surface area (Å²) in [5, 5.41) is 13.9. The minimum atomic E-state index is -4.43. The molecule has 0 bridgehead atoms. The van der Waals surface area contributed by atoms with Crippen molar-refractivity contribution < 1.29 is 18.3 Å². The molecule has 49 heavy (non-hydrogen) atoms. The maximum absolute atomic E-state index is 13.3. The molecule has 0 unspecified atom stereocenters. The zero-order valence-corrected chi connectivity index (χ0v) is 27.7. The third kappa shape index (κ3) is 9.87. The standard InChI is InChI=1S/C35H39F3N8O2S/c1-21(39)4-2-5-22-16-25(18-29(17-22)49-35(36,37)38)30-19-26-20-46(34(48)45-32(26)44-30)27-10-6-23(7-11-27)31(24-8-12-28(47)13-9-24)42-14-3-15-43-33(40)41/h6-13,16-21,31,42,47H,2-5,14-15,39H2,1H3,(H4,40,41,43)(H,44,45,48)/t21-,31+/m0/s1. The smallest absolute Gasteiger partial charge is 0.446 e. The molecule has 0 aliphatic carbocycles. The molecule has 5 rings (SSSR count). The van der Waals surface area contributed by atoms with Gasteiger partial charge in [0.25, 0.3) is 0 Å². The molecule has 2 heterocycles. The Kier molecular flexibility index (Phi) is 11.3. The molecule has 0 fully saturated rings. The summed E-state index contributed by atoms with van der Waals surface area (Å²) in [5.74, 6) is 0.197. The highest BCUT2D eigenvalue weighted by Crippen LogP contribution is 2.39. The number of halogens is 3. The number of phenols is 1. The zero-order valence-electron chi connectivity index (χ0n) is 26.9. The van der Waals surface area contributed by atoms with E-state index in [1.54, 1.807) is 30.5 Å². The van der Waals surface area contributed by atoms with Gasteiger partial charge in [-0.1, -0.05) is 24.3 Å². The fraction of sp³-hybridized carbons (Fsp3) is 0.286. The first-order chi connectivity index (χ1) is 23.3. The molecule has 0 spiro atoms. The van der Waals surface area contributed by atoms with Crippen LogP contribution in [0.4, 0.5) is 13.2 Å². The molecule has 5 aromatic rings. The average Bonchev–Trinajstić information content (AvgIpc) is 3.45. The summed E-state index contributed by atoms with van der Waals surface area (Å²) in [7, 11) is 0. The molecule has 0 aliphatic heterocycles. The molecule has 0 saturated carbocycles. The van der Waals surface area contributed by atoms with Crippen LogP contribution < -0.4 is 28.2 Å². The van der Waals surface area contributed by atoms with E-state index >= 15 is 0 Å². The second-order valence-corrected chi connectivity index (χ2v) is 13.0. The number of hydrogen-bond donors (Lipinski definition) is 6. The van der Waals surface area contributed by atoms with Gasteiger partial charge in [-0.15, -0.1) is 0 Å². The van der Waals surface area contributed by atoms with E-state index in [0.29, 0.717) is 53.9 Å². The van der Waals surface area contributed by atoms with Gasteiger partial charge in [0.15, 0.2) is 5.96 Å². The Bertz CT molecular complexity index is 1950. The Morgan fingerprint density at radius 2 is 1.73 bits per heavy atom. The van der Waals surface area contributed by atoms with Crippen LogP contribution in [0.15, 0.2) is 93.7 Å². The SMILES string of the molecule is C[C@H](N)CCCc1cc(SC(F)(F)F)cc(-c2cc3cn(-c4ccc([C@@H](NCCCN=C(N)N)c5ccc(O)cc5)cc4)c(=O)nc3[nH]2)c1. The highest BCUT2D eigenvalue weighted by Gasteiger charge is 2.29. The van der Waals surface area contributed by atoms with Gasteiger partial charge >= 0.3 is 11.2 Å². The molecule has 3 aromatic carbocycles. The number of nitrogens with two attached hydrogens (primary N) is 3. The molecule has 2 aromatic heterocycles. The fourth-order valence-electron chi connectivity index (χ4n) is 5.57. The van der Waals surface area contributed by atoms with E-state index in [9.17, 15) is 23.1 Å². The van der Waals surface area contributed by atoms with Crippen molar-refractivity contribution in [1.82, 2.24) is 19.9 Å². The van der Waals surface area contributed by atoms with Crippen LogP contribution in [0.3, 0.4) is 0 Å². The third-order valence-corrected chi connectivity index (χ3v) is 8.56. The van der Waals surface area contributed by atoms with E-state index in [1.165, 1.54) is 10.6 Å². The molecular formula is C35H39F3N8O2S. The first-order valence-corrected chi connectivity index (χ1v) is 16.6. The quantitative estimate of drug-likeness (QED) is 0.0372. The Morgan fingerprint density at radius 1 is 1.04 bits per heavy atom. The van der Waals surface area contributed by atoms with E-state index in [0.717, 1.165) is 29.5 Å². The number of alkyl halides is 3. The Labute approximate surface area is 285 Å². The van der Waals surface area contributed by atoms with Gasteiger partial charge in [0.2, 0.25) is 0 Å². The minimum Gasteiger partial charge on any atom is -0.508 e. The Balaban J connectivity index is 1.42. The number of aromatic hydroxyl groups is 1. The lowest BCUT2D eigenvalue weighted by molar-refractivity contribution is -0.0328. The van der Waals surface area contributed by atoms with Gasteiger partial charge < -0.3 is 32.6 Å². The lowest BCUT2D eigenvalue weighted by Gasteiger charge is -2.20. The number of thioether (sulfide) groups is 1. The van der Waals surface area contributed by atoms with Crippen molar-refractivity contribution in [3.05, 3.63) is 106 Å². The number of aryl methyl sites for hydroxylation is 1. The first kappa shape index (κ1) is 35.5. The number of H-pyrrole nitrogens is 1. The number of nitrogens with zero attached hydrogens (tertiary/aromatic N) is 3. The van der Waals surface area contributed by atoms with Crippen molar-refractivity contribution in [2.45, 2.75) is 55.1 Å². The van der Waals surface area contributed by atoms with Crippen molar-refractivity contribution >= 4 is 28.8 Å². The zero-order chi connectivity index (χ0) is 35.1. The van der Waals surface area contributed by atoms with Gasteiger partial charge in [-0.2, -0.15) is 18.2 Å². The van der Waals surface area contributed by atoms with Crippen LogP contribution in [-0.2, 0) is 6.42 Å². The molecule has 14 heteroatoms. The summed E-state index contributed by atoms with van der Waals surface area (Å²) in [6, 6.07) is 20.8. The first-order valence-electron chi connectivity index (χ1n) is 15.8. The Hall–Kier alpha value is -4.79. The van der Waals surface area contributed by atoms with Crippen LogP contribution in [0.25, 0.3) is 28.0 Å². The summed E-state index contributed by atoms with van der Waals surface area (Å²) in [6.45, 7) is 2.99. The van der Waals surface area contributed by atoms with Gasteiger partial charge in [0, 0.05) is 34.8 Å². The van der Waals surface area contributed by atoms with Gasteiger partial charge in [-0.05, 0) is 122 Å². The number of phenolic OH excluding ortho intramolecular Hbond substituents is 1. The van der Waals surface area contributed by atoms with E-state index < -0.39 is 11.2 Å². The van der Waals surface area contributed by atoms with Crippen molar-refractivity contribution in [1.29, 1.82) is 0 Å². The molecular weight excluding hydrogens is 654 g/mol. The number of rotatable bonds is 14. The molecule has 0 radical (unpaired) electrons. The summed E-state index contributed by atoms with van der Waals surface area (Å²) >= 11 is -0.156. The lowest BCUT2D eigenvalue weighted by atomic mass is 9.98. The number of aliphatic imine (C=N–C) groups is 1. The van der Waals surface area contributed by atoms with Crippen LogP contribution in [0.1, 0.15) is 48.9 Å². The maximum Gasteiger partial charge on any atom is 0.446 e. The number of guanidine groups is 1. The van der Waals surface area contributed by atoms with Crippen molar-refractivity contribution in [3.63, 3.8) is 0 Å². The molecule has 2 atom stereocenters. The van der Waals surface area contributed by atoms with Gasteiger partial charge in [-0.3, -0.25) is 9.56 Å². The number of benzene rings is 3. The lowest BCUT2D eigenvalue weighted by Crippen LogP contribution is -2.26. The second-order valence-electron chi connectivity index (χ2n) is 11.9. The highest BCUT2D eigenvalue weighted by molar-refractivity contribution is 8.00. The highest BCUT2D eigenvalue weighted by atomic mass is 32.2. The number of nitrogens with one attached hydrogen (secondary N) is 2. The van der Waals surface area contributed by atoms with Crippen molar-refractivity contribution in [2.24, 2.45) is 22.2 Å². The van der Waals surface area contributed by atoms with Crippen LogP contribution in [-0.4, -0.2) is 50.2 Å². The maximum atomic E-state index is 13.3. The van der Waals surface area contributed by atoms with Crippen molar-refractivity contribution in [3.8, 4) is 22.7 Å². The summed E-state index contributed by atoms with van der Waals surface area (Å²) in [6.07, 6.45) is 4.45. The van der Waals surface area contributed by atoms with Gasteiger partial charge in [-0.25, -0.2) is 4.79 Å². The van der Waals surface area contributed by atoms with Crippen LogP contribution >= 0.6 is 11.8 Å². The van der Waals surface area contributed by atoms with E-state index in [-0.39, 0.29) is 40.5 Å². The average molecular weight is 693 g/mol.